The van der Waals surface area contributed by atoms with Gasteiger partial charge in [0.05, 0.1) is 17.6 Å². The van der Waals surface area contributed by atoms with Crippen LogP contribution in [0.2, 0.25) is 0 Å². The van der Waals surface area contributed by atoms with Gasteiger partial charge in [0.1, 0.15) is 27.8 Å². The molecule has 2 amide bonds. The van der Waals surface area contributed by atoms with Crippen LogP contribution in [0.25, 0.3) is 11.1 Å². The Balaban J connectivity index is 1.17. The van der Waals surface area contributed by atoms with Crippen molar-refractivity contribution in [1.82, 2.24) is 19.8 Å². The predicted molar refractivity (Wildman–Crippen MR) is 133 cm³/mol. The van der Waals surface area contributed by atoms with Gasteiger partial charge in [0.15, 0.2) is 5.58 Å². The van der Waals surface area contributed by atoms with Crippen molar-refractivity contribution in [3.63, 3.8) is 0 Å². The summed E-state index contributed by atoms with van der Waals surface area (Å²) < 4.78 is 39.2. The quantitative estimate of drug-likeness (QED) is 0.364. The van der Waals surface area contributed by atoms with E-state index in [4.69, 9.17) is 14.1 Å². The van der Waals surface area contributed by atoms with Crippen LogP contribution >= 0.6 is 11.3 Å². The van der Waals surface area contributed by atoms with Crippen molar-refractivity contribution >= 4 is 34.3 Å². The SMILES string of the molecule is O=C(c1cncs1)N1CC(c2nc3ccc(Oc4ccccc4)cc3o2)C2(C1)CN(C(=O)[C@H]1CC1(F)F)C2. The minimum absolute atomic E-state index is 0.150. The van der Waals surface area contributed by atoms with Gasteiger partial charge in [0, 0.05) is 44.1 Å². The zero-order valence-electron chi connectivity index (χ0n) is 20.0. The molecular formula is C27H22F2N4O4S. The van der Waals surface area contributed by atoms with Gasteiger partial charge in [-0.05, 0) is 24.3 Å². The van der Waals surface area contributed by atoms with Crippen molar-refractivity contribution in [3.8, 4) is 11.5 Å². The lowest BCUT2D eigenvalue weighted by molar-refractivity contribution is -0.147. The van der Waals surface area contributed by atoms with Crippen molar-refractivity contribution in [2.45, 2.75) is 18.3 Å². The zero-order chi connectivity index (χ0) is 26.1. The van der Waals surface area contributed by atoms with E-state index in [1.54, 1.807) is 16.5 Å². The van der Waals surface area contributed by atoms with E-state index in [2.05, 4.69) is 4.98 Å². The Labute approximate surface area is 219 Å². The lowest BCUT2D eigenvalue weighted by atomic mass is 9.71. The van der Waals surface area contributed by atoms with E-state index >= 15 is 0 Å². The molecule has 38 heavy (non-hydrogen) atoms. The highest BCUT2D eigenvalue weighted by Gasteiger charge is 2.66. The van der Waals surface area contributed by atoms with E-state index in [0.717, 1.165) is 0 Å². The van der Waals surface area contributed by atoms with Crippen molar-refractivity contribution in [1.29, 1.82) is 0 Å². The smallest absolute Gasteiger partial charge is 0.265 e. The molecule has 1 saturated carbocycles. The second-order valence-corrected chi connectivity index (χ2v) is 11.2. The van der Waals surface area contributed by atoms with Crippen LogP contribution in [0.3, 0.4) is 0 Å². The van der Waals surface area contributed by atoms with Crippen LogP contribution < -0.4 is 4.74 Å². The van der Waals surface area contributed by atoms with E-state index < -0.39 is 29.6 Å². The maximum atomic E-state index is 13.6. The van der Waals surface area contributed by atoms with Gasteiger partial charge in [-0.25, -0.2) is 13.8 Å². The number of amides is 2. The molecule has 4 aromatic rings. The lowest BCUT2D eigenvalue weighted by Crippen LogP contribution is -2.62. The molecule has 0 N–H and O–H groups in total. The molecule has 2 saturated heterocycles. The van der Waals surface area contributed by atoms with Crippen LogP contribution in [0.5, 0.6) is 11.5 Å². The van der Waals surface area contributed by atoms with Crippen molar-refractivity contribution in [2.75, 3.05) is 26.2 Å². The predicted octanol–water partition coefficient (Wildman–Crippen LogP) is 4.80. The number of hydrogen-bond acceptors (Lipinski definition) is 7. The van der Waals surface area contributed by atoms with Gasteiger partial charge in [-0.1, -0.05) is 18.2 Å². The summed E-state index contributed by atoms with van der Waals surface area (Å²) in [6.45, 7) is 1.27. The first-order valence-electron chi connectivity index (χ1n) is 12.3. The standard InChI is InChI=1S/C27H22F2N4O4S/c28-27(29)9-18(27)24(34)33-13-26(14-33)12-32(25(35)22-10-30-15-38-22)11-19(26)23-31-20-7-6-17(8-21(20)37-23)36-16-4-2-1-3-5-16/h1-8,10,15,18-19H,9,11-14H2/t18-,19?/m1/s1. The molecule has 4 heterocycles. The Kier molecular flexibility index (Phi) is 5.10. The van der Waals surface area contributed by atoms with Gasteiger partial charge in [0.2, 0.25) is 11.8 Å². The first kappa shape index (κ1) is 23.3. The fourth-order valence-corrected chi connectivity index (χ4v) is 6.18. The summed E-state index contributed by atoms with van der Waals surface area (Å²) in [7, 11) is 0. The number of aromatic nitrogens is 2. The van der Waals surface area contributed by atoms with Gasteiger partial charge in [0.25, 0.3) is 11.8 Å². The molecule has 0 bridgehead atoms. The average molecular weight is 537 g/mol. The summed E-state index contributed by atoms with van der Waals surface area (Å²) in [5.74, 6) is -3.37. The van der Waals surface area contributed by atoms with E-state index in [0.29, 0.717) is 46.5 Å². The van der Waals surface area contributed by atoms with E-state index in [-0.39, 0.29) is 24.9 Å². The lowest BCUT2D eigenvalue weighted by Gasteiger charge is -2.50. The fourth-order valence-electron chi connectivity index (χ4n) is 5.59. The third-order valence-corrected chi connectivity index (χ3v) is 8.44. The minimum atomic E-state index is -2.91. The molecule has 2 aromatic carbocycles. The Bertz CT molecular complexity index is 1540. The number of nitrogens with zero attached hydrogens (tertiary/aromatic N) is 4. The Morgan fingerprint density at radius 3 is 2.53 bits per heavy atom. The van der Waals surface area contributed by atoms with Crippen LogP contribution in [0.15, 0.2) is 64.7 Å². The molecule has 2 atom stereocenters. The molecule has 8 nitrogen and oxygen atoms in total. The minimum Gasteiger partial charge on any atom is -0.457 e. The summed E-state index contributed by atoms with van der Waals surface area (Å²) in [6, 6.07) is 14.8. The summed E-state index contributed by atoms with van der Waals surface area (Å²) in [5, 5.41) is 0. The number of ether oxygens (including phenoxy) is 1. The number of rotatable bonds is 5. The molecule has 0 radical (unpaired) electrons. The molecule has 1 aliphatic carbocycles. The van der Waals surface area contributed by atoms with E-state index in [9.17, 15) is 18.4 Å². The third-order valence-electron chi connectivity index (χ3n) is 7.68. The molecule has 3 fully saturated rings. The van der Waals surface area contributed by atoms with Crippen molar-refractivity contribution in [2.24, 2.45) is 11.3 Å². The van der Waals surface area contributed by atoms with Crippen molar-refractivity contribution in [3.05, 3.63) is 71.0 Å². The number of para-hydroxylation sites is 1. The van der Waals surface area contributed by atoms with Gasteiger partial charge in [-0.2, -0.15) is 0 Å². The van der Waals surface area contributed by atoms with Crippen LogP contribution in [-0.4, -0.2) is 63.7 Å². The maximum Gasteiger partial charge on any atom is 0.265 e. The number of carbonyl (C=O) groups excluding carboxylic acids is 2. The van der Waals surface area contributed by atoms with Gasteiger partial charge in [-0.15, -0.1) is 11.3 Å². The molecule has 2 aromatic heterocycles. The van der Waals surface area contributed by atoms with Gasteiger partial charge >= 0.3 is 0 Å². The number of benzene rings is 2. The monoisotopic (exact) mass is 536 g/mol. The number of oxazole rings is 1. The highest BCUT2D eigenvalue weighted by Crippen LogP contribution is 2.54. The second-order valence-electron chi connectivity index (χ2n) is 10.3. The Morgan fingerprint density at radius 1 is 1.05 bits per heavy atom. The zero-order valence-corrected chi connectivity index (χ0v) is 20.9. The van der Waals surface area contributed by atoms with Crippen molar-refractivity contribution < 1.29 is 27.5 Å². The second kappa shape index (κ2) is 8.32. The number of fused-ring (bicyclic) bond motifs is 1. The summed E-state index contributed by atoms with van der Waals surface area (Å²) in [5.41, 5.74) is 2.27. The number of halogens is 2. The third kappa shape index (κ3) is 3.84. The highest BCUT2D eigenvalue weighted by molar-refractivity contribution is 7.11. The van der Waals surface area contributed by atoms with E-state index in [1.807, 2.05) is 42.5 Å². The summed E-state index contributed by atoms with van der Waals surface area (Å²) in [6.07, 6.45) is 1.14. The normalized spacial score (nSPS) is 23.0. The number of hydrogen-bond donors (Lipinski definition) is 0. The summed E-state index contributed by atoms with van der Waals surface area (Å²) in [4.78, 5) is 38.3. The van der Waals surface area contributed by atoms with Crippen LogP contribution in [-0.2, 0) is 4.79 Å². The Hall–Kier alpha value is -3.86. The first-order chi connectivity index (χ1) is 18.3. The molecule has 2 aliphatic heterocycles. The molecule has 1 spiro atoms. The van der Waals surface area contributed by atoms with Crippen LogP contribution in [0.4, 0.5) is 8.78 Å². The first-order valence-corrected chi connectivity index (χ1v) is 13.2. The molecule has 11 heteroatoms. The molecule has 3 aliphatic rings. The number of alkyl halides is 2. The molecule has 194 valence electrons. The average Bonchev–Trinajstić information content (AvgIpc) is 3.38. The number of carbonyl (C=O) groups is 2. The highest BCUT2D eigenvalue weighted by atomic mass is 32.1. The van der Waals surface area contributed by atoms with Crippen LogP contribution in [0.1, 0.15) is 27.9 Å². The van der Waals surface area contributed by atoms with E-state index in [1.165, 1.54) is 22.4 Å². The maximum absolute atomic E-state index is 13.6. The van der Waals surface area contributed by atoms with Gasteiger partial charge in [-0.3, -0.25) is 14.6 Å². The molecule has 1 unspecified atom stereocenters. The molecule has 7 rings (SSSR count). The largest absolute Gasteiger partial charge is 0.457 e. The topological polar surface area (TPSA) is 88.8 Å². The molecular weight excluding hydrogens is 514 g/mol. The number of likely N-dealkylation sites (tertiary alicyclic amines) is 2. The van der Waals surface area contributed by atoms with Crippen LogP contribution in [0, 0.1) is 11.3 Å². The summed E-state index contributed by atoms with van der Waals surface area (Å²) >= 11 is 1.26. The number of thiazole rings is 1. The Morgan fingerprint density at radius 2 is 1.82 bits per heavy atom. The fraction of sp³-hybridized carbons (Fsp3) is 0.333. The van der Waals surface area contributed by atoms with Gasteiger partial charge < -0.3 is 19.0 Å².